The average molecular weight is 416 g/mol. The number of aliphatic hydroxyl groups excluding tert-OH is 1. The van der Waals surface area contributed by atoms with Crippen molar-refractivity contribution in [2.45, 2.75) is 57.5 Å². The highest BCUT2D eigenvalue weighted by Gasteiger charge is 2.57. The molecule has 3 nitrogen and oxygen atoms in total. The van der Waals surface area contributed by atoms with Crippen molar-refractivity contribution in [2.24, 2.45) is 28.9 Å². The molecule has 3 aliphatic rings. The van der Waals surface area contributed by atoms with Gasteiger partial charge in [0.2, 0.25) is 5.91 Å². The van der Waals surface area contributed by atoms with Gasteiger partial charge in [0.05, 0.1) is 6.10 Å². The Bertz CT molecular complexity index is 1030. The molecule has 0 spiro atoms. The van der Waals surface area contributed by atoms with E-state index in [2.05, 4.69) is 37.8 Å². The Balaban J connectivity index is 1.40. The summed E-state index contributed by atoms with van der Waals surface area (Å²) in [6.07, 6.45) is 8.13. The Labute approximate surface area is 185 Å². The van der Waals surface area contributed by atoms with Gasteiger partial charge in [-0.3, -0.25) is 4.79 Å². The summed E-state index contributed by atoms with van der Waals surface area (Å²) < 4.78 is 0. The SMILES string of the molecule is C=Cc1ccc2c(c1)CCC1C2CCC2(C)C(O)C(Cc3cccc(C(N)=O)c3)CC12. The fraction of sp³-hybridized carbons (Fsp3) is 0.464. The molecule has 0 aromatic heterocycles. The molecule has 2 aromatic carbocycles. The number of rotatable bonds is 4. The minimum Gasteiger partial charge on any atom is -0.392 e. The third kappa shape index (κ3) is 3.34. The lowest BCUT2D eigenvalue weighted by Crippen LogP contribution is -2.44. The molecule has 6 atom stereocenters. The summed E-state index contributed by atoms with van der Waals surface area (Å²) in [6, 6.07) is 14.5. The number of nitrogens with two attached hydrogens (primary N) is 1. The standard InChI is InChI=1S/C28H33NO2/c1-3-17-7-9-22-19(13-17)8-10-24-23(22)11-12-28(2)25(24)16-21(26(28)30)15-18-5-4-6-20(14-18)27(29)31/h3-7,9,13-14,21,23-26,30H,1,8,10-12,15-16H2,2H3,(H2,29,31). The van der Waals surface area contributed by atoms with Gasteiger partial charge in [0.15, 0.2) is 0 Å². The topological polar surface area (TPSA) is 63.3 Å². The predicted octanol–water partition coefficient (Wildman–Crippen LogP) is 5.11. The first-order valence-electron chi connectivity index (χ1n) is 11.7. The monoisotopic (exact) mass is 415 g/mol. The zero-order chi connectivity index (χ0) is 21.8. The fourth-order valence-electron chi connectivity index (χ4n) is 7.23. The highest BCUT2D eigenvalue weighted by molar-refractivity contribution is 5.92. The van der Waals surface area contributed by atoms with Gasteiger partial charge in [0.25, 0.3) is 0 Å². The Kier molecular flexibility index (Phi) is 5.05. The van der Waals surface area contributed by atoms with Crippen LogP contribution in [0.15, 0.2) is 49.0 Å². The highest BCUT2D eigenvalue weighted by Crippen LogP contribution is 2.62. The van der Waals surface area contributed by atoms with Crippen molar-refractivity contribution in [3.05, 3.63) is 76.9 Å². The number of aryl methyl sites for hydroxylation is 1. The van der Waals surface area contributed by atoms with Crippen LogP contribution in [-0.4, -0.2) is 17.1 Å². The van der Waals surface area contributed by atoms with Crippen LogP contribution in [-0.2, 0) is 12.8 Å². The van der Waals surface area contributed by atoms with Crippen molar-refractivity contribution in [3.8, 4) is 0 Å². The molecule has 6 unspecified atom stereocenters. The first-order valence-corrected chi connectivity index (χ1v) is 11.7. The van der Waals surface area contributed by atoms with Gasteiger partial charge in [0.1, 0.15) is 0 Å². The van der Waals surface area contributed by atoms with Crippen LogP contribution in [0.4, 0.5) is 0 Å². The van der Waals surface area contributed by atoms with E-state index in [0.717, 1.165) is 31.2 Å². The van der Waals surface area contributed by atoms with E-state index in [4.69, 9.17) is 5.73 Å². The summed E-state index contributed by atoms with van der Waals surface area (Å²) >= 11 is 0. The Morgan fingerprint density at radius 1 is 1.26 bits per heavy atom. The number of hydrogen-bond donors (Lipinski definition) is 2. The van der Waals surface area contributed by atoms with Crippen molar-refractivity contribution in [1.82, 2.24) is 0 Å². The third-order valence-corrected chi connectivity index (χ3v) is 8.81. The van der Waals surface area contributed by atoms with Gasteiger partial charge < -0.3 is 10.8 Å². The second-order valence-electron chi connectivity index (χ2n) is 10.3. The van der Waals surface area contributed by atoms with Crippen molar-refractivity contribution in [3.63, 3.8) is 0 Å². The van der Waals surface area contributed by atoms with Crippen LogP contribution >= 0.6 is 0 Å². The van der Waals surface area contributed by atoms with Crippen LogP contribution in [0.5, 0.6) is 0 Å². The Morgan fingerprint density at radius 3 is 2.87 bits per heavy atom. The van der Waals surface area contributed by atoms with Crippen molar-refractivity contribution in [2.75, 3.05) is 0 Å². The molecule has 5 rings (SSSR count). The van der Waals surface area contributed by atoms with Crippen molar-refractivity contribution in [1.29, 1.82) is 0 Å². The lowest BCUT2D eigenvalue weighted by molar-refractivity contribution is -0.0325. The molecule has 31 heavy (non-hydrogen) atoms. The number of carbonyl (C=O) groups is 1. The Morgan fingerprint density at radius 2 is 2.10 bits per heavy atom. The largest absolute Gasteiger partial charge is 0.392 e. The summed E-state index contributed by atoms with van der Waals surface area (Å²) in [7, 11) is 0. The van der Waals surface area contributed by atoms with Gasteiger partial charge in [-0.25, -0.2) is 0 Å². The summed E-state index contributed by atoms with van der Waals surface area (Å²) in [5, 5.41) is 11.4. The first kappa shape index (κ1) is 20.5. The lowest BCUT2D eigenvalue weighted by atomic mass is 9.55. The summed E-state index contributed by atoms with van der Waals surface area (Å²) in [4.78, 5) is 11.6. The van der Waals surface area contributed by atoms with E-state index < -0.39 is 5.91 Å². The molecular weight excluding hydrogens is 382 g/mol. The summed E-state index contributed by atoms with van der Waals surface area (Å²) in [5.41, 5.74) is 11.4. The van der Waals surface area contributed by atoms with Crippen LogP contribution in [0.25, 0.3) is 6.08 Å². The second-order valence-corrected chi connectivity index (χ2v) is 10.3. The van der Waals surface area contributed by atoms with E-state index in [0.29, 0.717) is 23.3 Å². The molecule has 0 bridgehead atoms. The number of aliphatic hydroxyl groups is 1. The number of fused-ring (bicyclic) bond motifs is 5. The minimum absolute atomic E-state index is 0.00824. The van der Waals surface area contributed by atoms with E-state index in [-0.39, 0.29) is 17.4 Å². The van der Waals surface area contributed by atoms with Crippen LogP contribution in [0.1, 0.15) is 71.1 Å². The second kappa shape index (κ2) is 7.63. The summed E-state index contributed by atoms with van der Waals surface area (Å²) in [6.45, 7) is 6.25. The first-order chi connectivity index (χ1) is 14.9. The van der Waals surface area contributed by atoms with E-state index in [1.54, 1.807) is 6.07 Å². The zero-order valence-corrected chi connectivity index (χ0v) is 18.4. The van der Waals surface area contributed by atoms with Crippen LogP contribution < -0.4 is 5.73 Å². The van der Waals surface area contributed by atoms with Crippen LogP contribution in [0.2, 0.25) is 0 Å². The molecule has 3 heteroatoms. The fourth-order valence-corrected chi connectivity index (χ4v) is 7.23. The van der Waals surface area contributed by atoms with Gasteiger partial charge in [-0.15, -0.1) is 0 Å². The van der Waals surface area contributed by atoms with Crippen molar-refractivity contribution < 1.29 is 9.90 Å². The van der Waals surface area contributed by atoms with Gasteiger partial charge in [-0.1, -0.05) is 49.9 Å². The molecule has 2 fully saturated rings. The molecular formula is C28H33NO2. The molecule has 1 amide bonds. The number of primary amides is 1. The smallest absolute Gasteiger partial charge is 0.248 e. The molecule has 162 valence electrons. The van der Waals surface area contributed by atoms with E-state index in [9.17, 15) is 9.90 Å². The summed E-state index contributed by atoms with van der Waals surface area (Å²) in [5.74, 6) is 1.67. The quantitative estimate of drug-likeness (QED) is 0.728. The Hall–Kier alpha value is -2.39. The van der Waals surface area contributed by atoms with Gasteiger partial charge in [-0.2, -0.15) is 0 Å². The molecule has 2 aromatic rings. The average Bonchev–Trinajstić information content (AvgIpc) is 3.03. The molecule has 0 radical (unpaired) electrons. The molecule has 3 N–H and O–H groups in total. The molecule has 2 saturated carbocycles. The van der Waals surface area contributed by atoms with Gasteiger partial charge in [0, 0.05) is 5.56 Å². The molecule has 3 aliphatic carbocycles. The van der Waals surface area contributed by atoms with Gasteiger partial charge >= 0.3 is 0 Å². The maximum absolute atomic E-state index is 11.6. The zero-order valence-electron chi connectivity index (χ0n) is 18.4. The number of hydrogen-bond acceptors (Lipinski definition) is 2. The molecule has 0 heterocycles. The predicted molar refractivity (Wildman–Crippen MR) is 125 cm³/mol. The van der Waals surface area contributed by atoms with E-state index in [1.165, 1.54) is 29.5 Å². The highest BCUT2D eigenvalue weighted by atomic mass is 16.3. The maximum Gasteiger partial charge on any atom is 0.248 e. The number of benzene rings is 2. The van der Waals surface area contributed by atoms with Gasteiger partial charge in [-0.05, 0) is 102 Å². The lowest BCUT2D eigenvalue weighted by Gasteiger charge is -2.50. The van der Waals surface area contributed by atoms with E-state index >= 15 is 0 Å². The maximum atomic E-state index is 11.6. The van der Waals surface area contributed by atoms with E-state index in [1.807, 2.05) is 18.2 Å². The van der Waals surface area contributed by atoms with Crippen molar-refractivity contribution >= 4 is 12.0 Å². The minimum atomic E-state index is -0.391. The van der Waals surface area contributed by atoms with Crippen LogP contribution in [0, 0.1) is 23.2 Å². The molecule has 0 saturated heterocycles. The molecule has 0 aliphatic heterocycles. The number of amides is 1. The normalized spacial score (nSPS) is 33.8. The third-order valence-electron chi connectivity index (χ3n) is 8.81. The number of carbonyl (C=O) groups excluding carboxylic acids is 1. The van der Waals surface area contributed by atoms with Crippen LogP contribution in [0.3, 0.4) is 0 Å².